The smallest absolute Gasteiger partial charge is 0.224 e. The minimum atomic E-state index is 0.00381. The first-order valence-electron chi connectivity index (χ1n) is 8.01. The largest absolute Gasteiger partial charge is 0.326 e. The Morgan fingerprint density at radius 1 is 0.913 bits per heavy atom. The van der Waals surface area contributed by atoms with Gasteiger partial charge < -0.3 is 5.32 Å². The van der Waals surface area contributed by atoms with E-state index in [0.29, 0.717) is 12.8 Å². The fourth-order valence-corrected chi connectivity index (χ4v) is 2.51. The molecule has 0 aliphatic carbocycles. The lowest BCUT2D eigenvalue weighted by Crippen LogP contribution is -2.12. The normalized spacial score (nSPS) is 10.3. The summed E-state index contributed by atoms with van der Waals surface area (Å²) in [5.74, 6) is 0.143. The maximum atomic E-state index is 12.0. The number of aryl methyl sites for hydroxylation is 2. The monoisotopic (exact) mass is 309 g/mol. The first-order chi connectivity index (χ1) is 11.1. The van der Waals surface area contributed by atoms with Gasteiger partial charge in [0.1, 0.15) is 0 Å². The molecular formula is C20H23NO2. The average molecular weight is 309 g/mol. The van der Waals surface area contributed by atoms with Crippen molar-refractivity contribution in [2.45, 2.75) is 39.5 Å². The summed E-state index contributed by atoms with van der Waals surface area (Å²) >= 11 is 0. The first kappa shape index (κ1) is 16.9. The second kappa shape index (κ2) is 8.28. The van der Waals surface area contributed by atoms with Crippen LogP contribution in [0.1, 0.15) is 47.2 Å². The van der Waals surface area contributed by atoms with Crippen LogP contribution in [0.15, 0.2) is 48.5 Å². The highest BCUT2D eigenvalue weighted by Gasteiger charge is 2.07. The van der Waals surface area contributed by atoms with Crippen molar-refractivity contribution in [1.82, 2.24) is 0 Å². The molecule has 2 aromatic carbocycles. The van der Waals surface area contributed by atoms with Crippen LogP contribution in [-0.4, -0.2) is 11.7 Å². The average Bonchev–Trinajstić information content (AvgIpc) is 2.55. The molecule has 1 N–H and O–H groups in total. The molecule has 2 rings (SSSR count). The Morgan fingerprint density at radius 3 is 2.30 bits per heavy atom. The third-order valence-electron chi connectivity index (χ3n) is 3.81. The van der Waals surface area contributed by atoms with Crippen LogP contribution in [0.4, 0.5) is 5.69 Å². The van der Waals surface area contributed by atoms with E-state index in [2.05, 4.69) is 5.32 Å². The van der Waals surface area contributed by atoms with E-state index in [9.17, 15) is 9.59 Å². The molecule has 0 unspecified atom stereocenters. The van der Waals surface area contributed by atoms with Crippen LogP contribution in [0.25, 0.3) is 0 Å². The van der Waals surface area contributed by atoms with E-state index in [1.807, 2.05) is 62.4 Å². The zero-order valence-corrected chi connectivity index (χ0v) is 13.8. The summed E-state index contributed by atoms with van der Waals surface area (Å²) in [7, 11) is 0. The molecule has 2 aromatic rings. The number of amides is 1. The van der Waals surface area contributed by atoms with Gasteiger partial charge in [0.05, 0.1) is 0 Å². The van der Waals surface area contributed by atoms with Crippen LogP contribution in [-0.2, 0) is 4.79 Å². The van der Waals surface area contributed by atoms with Gasteiger partial charge in [-0.25, -0.2) is 0 Å². The Hall–Kier alpha value is -2.42. The Labute approximate surface area is 137 Å². The quantitative estimate of drug-likeness (QED) is 0.596. The highest BCUT2D eigenvalue weighted by atomic mass is 16.1. The lowest BCUT2D eigenvalue weighted by Gasteiger charge is -2.09. The number of Topliss-reactive ketones (excluding diaryl/α,β-unsaturated/α-hetero) is 1. The molecule has 1 amide bonds. The summed E-state index contributed by atoms with van der Waals surface area (Å²) in [6.07, 6.45) is 2.37. The van der Waals surface area contributed by atoms with Crippen molar-refractivity contribution in [3.8, 4) is 0 Å². The second-order valence-corrected chi connectivity index (χ2v) is 5.86. The van der Waals surface area contributed by atoms with Crippen LogP contribution in [0.3, 0.4) is 0 Å². The molecule has 0 aliphatic heterocycles. The third-order valence-corrected chi connectivity index (χ3v) is 3.81. The Kier molecular flexibility index (Phi) is 6.10. The first-order valence-corrected chi connectivity index (χ1v) is 8.01. The molecule has 3 nitrogen and oxygen atoms in total. The third kappa shape index (κ3) is 5.37. The molecule has 120 valence electrons. The Bertz CT molecular complexity index is 677. The molecular weight excluding hydrogens is 286 g/mol. The van der Waals surface area contributed by atoms with Gasteiger partial charge in [0.25, 0.3) is 0 Å². The summed E-state index contributed by atoms with van der Waals surface area (Å²) < 4.78 is 0. The minimum Gasteiger partial charge on any atom is -0.326 e. The number of rotatable bonds is 7. The molecule has 0 aliphatic rings. The van der Waals surface area contributed by atoms with E-state index in [-0.39, 0.29) is 11.7 Å². The Balaban J connectivity index is 1.72. The maximum absolute atomic E-state index is 12.0. The van der Waals surface area contributed by atoms with Crippen LogP contribution in [0.5, 0.6) is 0 Å². The van der Waals surface area contributed by atoms with Crippen LogP contribution in [0, 0.1) is 13.8 Å². The summed E-state index contributed by atoms with van der Waals surface area (Å²) in [4.78, 5) is 23.9. The zero-order valence-electron chi connectivity index (χ0n) is 13.8. The molecule has 0 atom stereocenters. The van der Waals surface area contributed by atoms with Crippen LogP contribution >= 0.6 is 0 Å². The summed E-state index contributed by atoms with van der Waals surface area (Å²) in [6.45, 7) is 4.02. The molecule has 0 aromatic heterocycles. The lowest BCUT2D eigenvalue weighted by atomic mass is 10.0. The molecule has 0 spiro atoms. The van der Waals surface area contributed by atoms with Gasteiger partial charge in [0, 0.05) is 24.1 Å². The topological polar surface area (TPSA) is 46.2 Å². The molecule has 0 saturated heterocycles. The van der Waals surface area contributed by atoms with Gasteiger partial charge in [-0.3, -0.25) is 9.59 Å². The van der Waals surface area contributed by atoms with E-state index >= 15 is 0 Å². The van der Waals surface area contributed by atoms with Crippen molar-refractivity contribution in [3.63, 3.8) is 0 Å². The van der Waals surface area contributed by atoms with E-state index in [4.69, 9.17) is 0 Å². The number of benzene rings is 2. The molecule has 0 heterocycles. The number of nitrogens with one attached hydrogen (secondary N) is 1. The maximum Gasteiger partial charge on any atom is 0.224 e. The zero-order chi connectivity index (χ0) is 16.7. The van der Waals surface area contributed by atoms with Gasteiger partial charge >= 0.3 is 0 Å². The molecule has 23 heavy (non-hydrogen) atoms. The van der Waals surface area contributed by atoms with Crippen molar-refractivity contribution < 1.29 is 9.59 Å². The number of carbonyl (C=O) groups excluding carboxylic acids is 2. The van der Waals surface area contributed by atoms with Crippen molar-refractivity contribution in [3.05, 3.63) is 65.2 Å². The molecule has 0 saturated carbocycles. The Morgan fingerprint density at radius 2 is 1.61 bits per heavy atom. The van der Waals surface area contributed by atoms with Gasteiger partial charge in [-0.05, 0) is 38.3 Å². The van der Waals surface area contributed by atoms with E-state index < -0.39 is 0 Å². The number of anilines is 1. The van der Waals surface area contributed by atoms with Gasteiger partial charge in [0.15, 0.2) is 5.78 Å². The fourth-order valence-electron chi connectivity index (χ4n) is 2.51. The number of hydrogen-bond acceptors (Lipinski definition) is 2. The number of ketones is 1. The van der Waals surface area contributed by atoms with E-state index in [1.54, 1.807) is 0 Å². The number of carbonyl (C=O) groups is 2. The second-order valence-electron chi connectivity index (χ2n) is 5.86. The molecule has 3 heteroatoms. The van der Waals surface area contributed by atoms with Crippen molar-refractivity contribution in [2.75, 3.05) is 5.32 Å². The van der Waals surface area contributed by atoms with Crippen molar-refractivity contribution in [2.24, 2.45) is 0 Å². The number of hydrogen-bond donors (Lipinski definition) is 1. The molecule has 0 radical (unpaired) electrons. The fraction of sp³-hybridized carbons (Fsp3) is 0.300. The van der Waals surface area contributed by atoms with Crippen molar-refractivity contribution in [1.29, 1.82) is 0 Å². The minimum absolute atomic E-state index is 0.00381. The van der Waals surface area contributed by atoms with Gasteiger partial charge in [-0.2, -0.15) is 0 Å². The van der Waals surface area contributed by atoms with Gasteiger partial charge in [0.2, 0.25) is 5.91 Å². The lowest BCUT2D eigenvalue weighted by molar-refractivity contribution is -0.116. The van der Waals surface area contributed by atoms with Gasteiger partial charge in [-0.1, -0.05) is 48.0 Å². The SMILES string of the molecule is Cc1ccc(NC(=O)CCCCC(=O)c2ccccc2)c(C)c1. The van der Waals surface area contributed by atoms with Crippen LogP contribution in [0.2, 0.25) is 0 Å². The predicted molar refractivity (Wildman–Crippen MR) is 93.8 cm³/mol. The highest BCUT2D eigenvalue weighted by molar-refractivity contribution is 5.96. The molecule has 0 bridgehead atoms. The predicted octanol–water partition coefficient (Wildman–Crippen LogP) is 4.69. The van der Waals surface area contributed by atoms with E-state index in [1.165, 1.54) is 5.56 Å². The van der Waals surface area contributed by atoms with Gasteiger partial charge in [-0.15, -0.1) is 0 Å². The summed E-state index contributed by atoms with van der Waals surface area (Å²) in [5.41, 5.74) is 3.85. The molecule has 0 fully saturated rings. The summed E-state index contributed by atoms with van der Waals surface area (Å²) in [6, 6.07) is 15.3. The van der Waals surface area contributed by atoms with Crippen molar-refractivity contribution >= 4 is 17.4 Å². The summed E-state index contributed by atoms with van der Waals surface area (Å²) in [5, 5.41) is 2.93. The number of unbranched alkanes of at least 4 members (excludes halogenated alkanes) is 1. The van der Waals surface area contributed by atoms with E-state index in [0.717, 1.165) is 29.7 Å². The standard InChI is InChI=1S/C20H23NO2/c1-15-12-13-18(16(2)14-15)21-20(23)11-7-6-10-19(22)17-8-4-3-5-9-17/h3-5,8-9,12-14H,6-7,10-11H2,1-2H3,(H,21,23). The van der Waals surface area contributed by atoms with Crippen LogP contribution < -0.4 is 5.32 Å². The highest BCUT2D eigenvalue weighted by Crippen LogP contribution is 2.16.